The zero-order valence-electron chi connectivity index (χ0n) is 18.4. The van der Waals surface area contributed by atoms with Crippen LogP contribution in [0.3, 0.4) is 0 Å². The van der Waals surface area contributed by atoms with Crippen molar-refractivity contribution < 1.29 is 23.5 Å². The Kier molecular flexibility index (Phi) is 7.22. The molecule has 7 nitrogen and oxygen atoms in total. The first kappa shape index (κ1) is 23.3. The predicted molar refractivity (Wildman–Crippen MR) is 131 cm³/mol. The number of fused-ring (bicyclic) bond motifs is 1. The lowest BCUT2D eigenvalue weighted by molar-refractivity contribution is -0.142. The SMILES string of the molecule is O=C(COC(=O)/C=C/c1cccc2cccnc12)Nc1ccccc1C(=O)Nc1ccc(F)cc1. The highest BCUT2D eigenvalue weighted by molar-refractivity contribution is 6.10. The number of anilines is 2. The summed E-state index contributed by atoms with van der Waals surface area (Å²) in [5.41, 5.74) is 2.32. The van der Waals surface area contributed by atoms with Crippen LogP contribution in [-0.2, 0) is 14.3 Å². The second-order valence-corrected chi connectivity index (χ2v) is 7.42. The van der Waals surface area contributed by atoms with Gasteiger partial charge in [-0.3, -0.25) is 14.6 Å². The summed E-state index contributed by atoms with van der Waals surface area (Å²) < 4.78 is 18.1. The highest BCUT2D eigenvalue weighted by atomic mass is 19.1. The second kappa shape index (κ2) is 10.8. The maximum atomic E-state index is 13.1. The molecular weight excluding hydrogens is 449 g/mol. The topological polar surface area (TPSA) is 97.4 Å². The van der Waals surface area contributed by atoms with Crippen LogP contribution in [0.1, 0.15) is 15.9 Å². The minimum atomic E-state index is -0.699. The Morgan fingerprint density at radius 3 is 2.49 bits per heavy atom. The largest absolute Gasteiger partial charge is 0.452 e. The minimum absolute atomic E-state index is 0.194. The van der Waals surface area contributed by atoms with Crippen LogP contribution in [-0.4, -0.2) is 29.4 Å². The van der Waals surface area contributed by atoms with E-state index in [1.807, 2.05) is 30.3 Å². The Morgan fingerprint density at radius 2 is 1.66 bits per heavy atom. The van der Waals surface area contributed by atoms with E-state index in [2.05, 4.69) is 15.6 Å². The molecule has 0 radical (unpaired) electrons. The van der Waals surface area contributed by atoms with Crippen molar-refractivity contribution in [2.45, 2.75) is 0 Å². The molecule has 1 heterocycles. The van der Waals surface area contributed by atoms with Gasteiger partial charge in [-0.05, 0) is 48.5 Å². The molecule has 0 aliphatic heterocycles. The van der Waals surface area contributed by atoms with Gasteiger partial charge in [0.2, 0.25) is 0 Å². The van der Waals surface area contributed by atoms with Crippen molar-refractivity contribution in [3.8, 4) is 0 Å². The predicted octanol–water partition coefficient (Wildman–Crippen LogP) is 4.82. The summed E-state index contributed by atoms with van der Waals surface area (Å²) in [7, 11) is 0. The van der Waals surface area contributed by atoms with E-state index in [4.69, 9.17) is 4.74 Å². The number of pyridine rings is 1. The Balaban J connectivity index is 1.35. The number of nitrogens with one attached hydrogen (secondary N) is 2. The highest BCUT2D eigenvalue weighted by Crippen LogP contribution is 2.19. The van der Waals surface area contributed by atoms with E-state index in [0.717, 1.165) is 16.5 Å². The summed E-state index contributed by atoms with van der Waals surface area (Å²) in [5.74, 6) is -2.22. The van der Waals surface area contributed by atoms with Gasteiger partial charge in [-0.1, -0.05) is 36.4 Å². The van der Waals surface area contributed by atoms with Crippen molar-refractivity contribution in [1.29, 1.82) is 0 Å². The number of halogens is 1. The molecule has 4 rings (SSSR count). The number of carbonyl (C=O) groups is 3. The zero-order valence-corrected chi connectivity index (χ0v) is 18.4. The number of benzene rings is 3. The number of hydrogen-bond acceptors (Lipinski definition) is 5. The molecular formula is C27H20FN3O4. The smallest absolute Gasteiger partial charge is 0.331 e. The van der Waals surface area contributed by atoms with Gasteiger partial charge in [-0.2, -0.15) is 0 Å². The molecule has 0 atom stereocenters. The molecule has 3 aromatic carbocycles. The molecule has 2 N–H and O–H groups in total. The molecule has 0 aliphatic rings. The van der Waals surface area contributed by atoms with E-state index in [0.29, 0.717) is 5.69 Å². The number of carbonyl (C=O) groups excluding carboxylic acids is 3. The summed E-state index contributed by atoms with van der Waals surface area (Å²) in [6, 6.07) is 21.0. The van der Waals surface area contributed by atoms with Gasteiger partial charge >= 0.3 is 5.97 Å². The lowest BCUT2D eigenvalue weighted by Crippen LogP contribution is -2.22. The van der Waals surface area contributed by atoms with E-state index < -0.39 is 30.2 Å². The quantitative estimate of drug-likeness (QED) is 0.299. The van der Waals surface area contributed by atoms with Crippen molar-refractivity contribution in [2.75, 3.05) is 17.2 Å². The van der Waals surface area contributed by atoms with Gasteiger partial charge in [-0.15, -0.1) is 0 Å². The molecule has 0 saturated heterocycles. The Labute approximate surface area is 200 Å². The fraction of sp³-hybridized carbons (Fsp3) is 0.0370. The van der Waals surface area contributed by atoms with Crippen LogP contribution in [0, 0.1) is 5.82 Å². The molecule has 1 aromatic heterocycles. The third-order valence-corrected chi connectivity index (χ3v) is 4.96. The molecule has 0 bridgehead atoms. The third-order valence-electron chi connectivity index (χ3n) is 4.96. The standard InChI is InChI=1S/C27H20FN3O4/c28-20-11-13-21(14-12-20)30-27(34)22-8-1-2-9-23(22)31-24(32)17-35-25(33)15-10-19-6-3-5-18-7-4-16-29-26(18)19/h1-16H,17H2,(H,30,34)(H,31,32)/b15-10+. The van der Waals surface area contributed by atoms with Crippen LogP contribution in [0.2, 0.25) is 0 Å². The van der Waals surface area contributed by atoms with E-state index in [1.165, 1.54) is 36.4 Å². The number of rotatable bonds is 7. The number of aromatic nitrogens is 1. The Morgan fingerprint density at radius 1 is 0.886 bits per heavy atom. The van der Waals surface area contributed by atoms with Crippen molar-refractivity contribution in [1.82, 2.24) is 4.98 Å². The summed E-state index contributed by atoms with van der Waals surface area (Å²) in [4.78, 5) is 41.4. The van der Waals surface area contributed by atoms with Crippen LogP contribution in [0.15, 0.2) is 91.1 Å². The summed E-state index contributed by atoms with van der Waals surface area (Å²) in [6.45, 7) is -0.537. The molecule has 0 fully saturated rings. The van der Waals surface area contributed by atoms with Gasteiger partial charge in [0.1, 0.15) is 5.82 Å². The fourth-order valence-electron chi connectivity index (χ4n) is 3.31. The van der Waals surface area contributed by atoms with Crippen LogP contribution < -0.4 is 10.6 Å². The molecule has 2 amide bonds. The highest BCUT2D eigenvalue weighted by Gasteiger charge is 2.14. The van der Waals surface area contributed by atoms with Gasteiger partial charge in [0, 0.05) is 28.9 Å². The number of ether oxygens (including phenoxy) is 1. The van der Waals surface area contributed by atoms with Crippen LogP contribution in [0.4, 0.5) is 15.8 Å². The maximum absolute atomic E-state index is 13.1. The Bertz CT molecular complexity index is 1410. The van der Waals surface area contributed by atoms with E-state index >= 15 is 0 Å². The average Bonchev–Trinajstić information content (AvgIpc) is 2.88. The van der Waals surface area contributed by atoms with Gasteiger partial charge in [-0.25, -0.2) is 9.18 Å². The van der Waals surface area contributed by atoms with Crippen LogP contribution in [0.25, 0.3) is 17.0 Å². The van der Waals surface area contributed by atoms with E-state index in [9.17, 15) is 18.8 Å². The first-order valence-corrected chi connectivity index (χ1v) is 10.6. The Hall–Kier alpha value is -4.85. The number of esters is 1. The molecule has 174 valence electrons. The summed E-state index contributed by atoms with van der Waals surface area (Å²) in [6.07, 6.45) is 4.46. The third kappa shape index (κ3) is 6.14. The molecule has 35 heavy (non-hydrogen) atoms. The molecule has 0 saturated carbocycles. The van der Waals surface area contributed by atoms with Gasteiger partial charge in [0.25, 0.3) is 11.8 Å². The number of amides is 2. The lowest BCUT2D eigenvalue weighted by Gasteiger charge is -2.11. The van der Waals surface area contributed by atoms with Crippen molar-refractivity contribution in [3.05, 3.63) is 108 Å². The number of para-hydroxylation sites is 2. The summed E-state index contributed by atoms with van der Waals surface area (Å²) in [5, 5.41) is 6.14. The monoisotopic (exact) mass is 469 g/mol. The molecule has 0 unspecified atom stereocenters. The zero-order chi connectivity index (χ0) is 24.6. The first-order valence-electron chi connectivity index (χ1n) is 10.6. The maximum Gasteiger partial charge on any atom is 0.331 e. The van der Waals surface area contributed by atoms with Gasteiger partial charge in [0.05, 0.1) is 16.8 Å². The van der Waals surface area contributed by atoms with Crippen LogP contribution in [0.5, 0.6) is 0 Å². The fourth-order valence-corrected chi connectivity index (χ4v) is 3.31. The number of nitrogens with zero attached hydrogens (tertiary/aromatic N) is 1. The molecule has 8 heteroatoms. The summed E-state index contributed by atoms with van der Waals surface area (Å²) >= 11 is 0. The van der Waals surface area contributed by atoms with Gasteiger partial charge in [0.15, 0.2) is 6.61 Å². The molecule has 0 spiro atoms. The van der Waals surface area contributed by atoms with E-state index in [-0.39, 0.29) is 11.3 Å². The minimum Gasteiger partial charge on any atom is -0.452 e. The van der Waals surface area contributed by atoms with Gasteiger partial charge < -0.3 is 15.4 Å². The average molecular weight is 469 g/mol. The normalized spacial score (nSPS) is 10.8. The first-order chi connectivity index (χ1) is 17.0. The number of hydrogen-bond donors (Lipinski definition) is 2. The van der Waals surface area contributed by atoms with Crippen LogP contribution >= 0.6 is 0 Å². The van der Waals surface area contributed by atoms with Crippen molar-refractivity contribution >= 4 is 46.1 Å². The lowest BCUT2D eigenvalue weighted by atomic mass is 10.1. The van der Waals surface area contributed by atoms with Crippen molar-refractivity contribution in [3.63, 3.8) is 0 Å². The second-order valence-electron chi connectivity index (χ2n) is 7.42. The van der Waals surface area contributed by atoms with E-state index in [1.54, 1.807) is 30.5 Å². The molecule has 4 aromatic rings. The molecule has 0 aliphatic carbocycles. The van der Waals surface area contributed by atoms with Crippen molar-refractivity contribution in [2.24, 2.45) is 0 Å².